The van der Waals surface area contributed by atoms with Crippen molar-refractivity contribution in [2.75, 3.05) is 22.9 Å². The van der Waals surface area contributed by atoms with Gasteiger partial charge >= 0.3 is 0 Å². The highest BCUT2D eigenvalue weighted by atomic mass is 79.9. The Hall–Kier alpha value is -2.87. The Morgan fingerprint density at radius 3 is 2.42 bits per heavy atom. The average Bonchev–Trinajstić information content (AvgIpc) is 3.45. The van der Waals surface area contributed by atoms with E-state index in [4.69, 9.17) is 28.8 Å². The van der Waals surface area contributed by atoms with E-state index in [1.807, 2.05) is 24.4 Å². The molecule has 0 radical (unpaired) electrons. The number of thiocarbonyl (C=S) groups is 1. The van der Waals surface area contributed by atoms with E-state index in [0.29, 0.717) is 5.11 Å². The molecule has 2 fully saturated rings. The third-order valence-corrected chi connectivity index (χ3v) is 9.60. The van der Waals surface area contributed by atoms with Crippen LogP contribution in [0.15, 0.2) is 77.4 Å². The SMILES string of the molecule is Cc1cc([C@H]2[C@@H](c3ccccn3)NC(=S)N2c2ccc(N3CCC(C)CC3)c(Cl)c2)c(C)n1-c1ccccc1Br. The fraction of sp³-hybridized carbons (Fsp3) is 0.312. The number of nitrogens with zero attached hydrogens (tertiary/aromatic N) is 4. The quantitative estimate of drug-likeness (QED) is 0.224. The van der Waals surface area contributed by atoms with Gasteiger partial charge in [-0.25, -0.2) is 0 Å². The Morgan fingerprint density at radius 1 is 0.975 bits per heavy atom. The summed E-state index contributed by atoms with van der Waals surface area (Å²) in [5.41, 5.74) is 7.66. The first kappa shape index (κ1) is 27.3. The smallest absolute Gasteiger partial charge is 0.174 e. The van der Waals surface area contributed by atoms with Crippen molar-refractivity contribution in [2.24, 2.45) is 5.92 Å². The van der Waals surface area contributed by atoms with E-state index in [1.165, 1.54) is 18.4 Å². The molecule has 6 rings (SSSR count). The van der Waals surface area contributed by atoms with Gasteiger partial charge in [-0.1, -0.05) is 36.7 Å². The molecule has 5 nitrogen and oxygen atoms in total. The highest BCUT2D eigenvalue weighted by Gasteiger charge is 2.42. The summed E-state index contributed by atoms with van der Waals surface area (Å²) in [7, 11) is 0. The van der Waals surface area contributed by atoms with Gasteiger partial charge in [0.2, 0.25) is 0 Å². The maximum atomic E-state index is 6.98. The number of pyridine rings is 1. The molecule has 40 heavy (non-hydrogen) atoms. The number of anilines is 2. The third-order valence-electron chi connectivity index (χ3n) is 8.31. The second-order valence-corrected chi connectivity index (χ2v) is 12.6. The van der Waals surface area contributed by atoms with Gasteiger partial charge in [0, 0.05) is 40.8 Å². The van der Waals surface area contributed by atoms with Gasteiger partial charge in [0.05, 0.1) is 34.2 Å². The number of piperidine rings is 1. The number of halogens is 2. The van der Waals surface area contributed by atoms with E-state index in [0.717, 1.165) is 62.6 Å². The van der Waals surface area contributed by atoms with E-state index in [1.54, 1.807) is 0 Å². The Kier molecular flexibility index (Phi) is 7.64. The van der Waals surface area contributed by atoms with Crippen molar-refractivity contribution in [3.05, 3.63) is 105 Å². The van der Waals surface area contributed by atoms with E-state index >= 15 is 0 Å². The van der Waals surface area contributed by atoms with Crippen LogP contribution in [-0.4, -0.2) is 27.8 Å². The average molecular weight is 635 g/mol. The maximum Gasteiger partial charge on any atom is 0.174 e. The van der Waals surface area contributed by atoms with Gasteiger partial charge in [-0.05, 0) is 115 Å². The standard InChI is InChI=1S/C32H33BrClN5S/c1-20-13-16-37(17-14-20)29-12-11-23(19-26(29)34)39-31(30(36-32(39)40)27-9-6-7-15-35-27)24-18-21(2)38(22(24)3)28-10-5-4-8-25(28)33/h4-12,15,18-20,30-31H,13-14,16-17H2,1-3H3,(H,36,40)/t30-,31+/m1/s1. The van der Waals surface area contributed by atoms with Crippen molar-refractivity contribution in [3.8, 4) is 5.69 Å². The molecule has 2 atom stereocenters. The number of aromatic nitrogens is 2. The summed E-state index contributed by atoms with van der Waals surface area (Å²) < 4.78 is 3.36. The molecule has 0 unspecified atom stereocenters. The first-order valence-corrected chi connectivity index (χ1v) is 15.4. The zero-order valence-electron chi connectivity index (χ0n) is 22.9. The summed E-state index contributed by atoms with van der Waals surface area (Å²) in [6, 6.07) is 22.8. The fourth-order valence-corrected chi connectivity index (χ4v) is 7.29. The molecule has 0 aliphatic carbocycles. The van der Waals surface area contributed by atoms with Crippen LogP contribution in [0.5, 0.6) is 0 Å². The number of nitrogens with one attached hydrogen (secondary N) is 1. The van der Waals surface area contributed by atoms with Crippen LogP contribution >= 0.6 is 39.7 Å². The van der Waals surface area contributed by atoms with Gasteiger partial charge in [-0.3, -0.25) is 4.98 Å². The second-order valence-electron chi connectivity index (χ2n) is 10.9. The molecule has 0 spiro atoms. The van der Waals surface area contributed by atoms with Crippen molar-refractivity contribution in [1.82, 2.24) is 14.9 Å². The molecule has 0 bridgehead atoms. The topological polar surface area (TPSA) is 36.3 Å². The van der Waals surface area contributed by atoms with Gasteiger partial charge in [-0.15, -0.1) is 0 Å². The summed E-state index contributed by atoms with van der Waals surface area (Å²) in [5.74, 6) is 0.766. The number of aryl methyl sites for hydroxylation is 1. The van der Waals surface area contributed by atoms with Gasteiger partial charge in [-0.2, -0.15) is 0 Å². The molecule has 2 aromatic carbocycles. The molecule has 8 heteroatoms. The van der Waals surface area contributed by atoms with Crippen LogP contribution in [0, 0.1) is 19.8 Å². The Bertz CT molecular complexity index is 1550. The maximum absolute atomic E-state index is 6.98. The van der Waals surface area contributed by atoms with Crippen molar-refractivity contribution in [1.29, 1.82) is 0 Å². The van der Waals surface area contributed by atoms with Crippen LogP contribution in [-0.2, 0) is 0 Å². The largest absolute Gasteiger partial charge is 0.370 e. The molecule has 206 valence electrons. The first-order chi connectivity index (χ1) is 19.3. The number of benzene rings is 2. The minimum Gasteiger partial charge on any atom is -0.370 e. The molecule has 1 N–H and O–H groups in total. The summed E-state index contributed by atoms with van der Waals surface area (Å²) in [6.07, 6.45) is 4.23. The van der Waals surface area contributed by atoms with Crippen LogP contribution in [0.2, 0.25) is 5.02 Å². The Labute approximate surface area is 255 Å². The number of hydrogen-bond acceptors (Lipinski definition) is 3. The lowest BCUT2D eigenvalue weighted by molar-refractivity contribution is 0.438. The summed E-state index contributed by atoms with van der Waals surface area (Å²) in [5, 5.41) is 5.03. The predicted octanol–water partition coefficient (Wildman–Crippen LogP) is 8.32. The molecule has 2 aliphatic rings. The fourth-order valence-electron chi connectivity index (χ4n) is 6.19. The normalized spacial score (nSPS) is 19.8. The van der Waals surface area contributed by atoms with Crippen molar-refractivity contribution < 1.29 is 0 Å². The summed E-state index contributed by atoms with van der Waals surface area (Å²) in [4.78, 5) is 9.36. The van der Waals surface area contributed by atoms with E-state index in [9.17, 15) is 0 Å². The number of para-hydroxylation sites is 1. The number of hydrogen-bond donors (Lipinski definition) is 1. The zero-order valence-corrected chi connectivity index (χ0v) is 26.1. The molecule has 0 amide bonds. The monoisotopic (exact) mass is 633 g/mol. The Morgan fingerprint density at radius 2 is 1.73 bits per heavy atom. The highest BCUT2D eigenvalue weighted by molar-refractivity contribution is 9.10. The van der Waals surface area contributed by atoms with Crippen LogP contribution in [0.4, 0.5) is 11.4 Å². The molecule has 4 heterocycles. The van der Waals surface area contributed by atoms with Crippen molar-refractivity contribution >= 4 is 56.2 Å². The second kappa shape index (κ2) is 11.2. The van der Waals surface area contributed by atoms with E-state index < -0.39 is 0 Å². The molecular weight excluding hydrogens is 602 g/mol. The lowest BCUT2D eigenvalue weighted by Gasteiger charge is -2.33. The summed E-state index contributed by atoms with van der Waals surface area (Å²) >= 11 is 16.7. The van der Waals surface area contributed by atoms with Crippen LogP contribution in [0.1, 0.15) is 54.5 Å². The zero-order chi connectivity index (χ0) is 28.0. The minimum atomic E-state index is -0.121. The summed E-state index contributed by atoms with van der Waals surface area (Å²) in [6.45, 7) is 8.74. The minimum absolute atomic E-state index is 0.109. The predicted molar refractivity (Wildman–Crippen MR) is 173 cm³/mol. The van der Waals surface area contributed by atoms with Gasteiger partial charge < -0.3 is 19.7 Å². The lowest BCUT2D eigenvalue weighted by atomic mass is 9.96. The Balaban J connectivity index is 1.45. The van der Waals surface area contributed by atoms with Gasteiger partial charge in [0.15, 0.2) is 5.11 Å². The van der Waals surface area contributed by atoms with Crippen LogP contribution < -0.4 is 15.1 Å². The molecule has 0 saturated carbocycles. The van der Waals surface area contributed by atoms with E-state index in [2.05, 4.69) is 105 Å². The molecule has 2 aliphatic heterocycles. The van der Waals surface area contributed by atoms with Crippen molar-refractivity contribution in [3.63, 3.8) is 0 Å². The molecule has 4 aromatic rings. The van der Waals surface area contributed by atoms with Crippen molar-refractivity contribution in [2.45, 2.75) is 45.7 Å². The van der Waals surface area contributed by atoms with E-state index in [-0.39, 0.29) is 12.1 Å². The number of rotatable bonds is 5. The van der Waals surface area contributed by atoms with Gasteiger partial charge in [0.1, 0.15) is 0 Å². The third kappa shape index (κ3) is 4.93. The lowest BCUT2D eigenvalue weighted by Crippen LogP contribution is -2.33. The van der Waals surface area contributed by atoms with Crippen LogP contribution in [0.25, 0.3) is 5.69 Å². The molecular formula is C32H33BrClN5S. The van der Waals surface area contributed by atoms with Crippen LogP contribution in [0.3, 0.4) is 0 Å². The molecule has 2 saturated heterocycles. The first-order valence-electron chi connectivity index (χ1n) is 13.8. The van der Waals surface area contributed by atoms with Gasteiger partial charge in [0.25, 0.3) is 0 Å². The highest BCUT2D eigenvalue weighted by Crippen LogP contribution is 2.45. The molecule has 2 aromatic heterocycles.